The Hall–Kier alpha value is -2.82. The third kappa shape index (κ3) is 6.33. The molecule has 0 unspecified atom stereocenters. The van der Waals surface area contributed by atoms with Crippen LogP contribution in [0.4, 0.5) is 0 Å². The maximum atomic E-state index is 13.3. The van der Waals surface area contributed by atoms with Crippen LogP contribution in [0.25, 0.3) is 0 Å². The van der Waals surface area contributed by atoms with E-state index in [0.29, 0.717) is 18.7 Å². The molecule has 5 nitrogen and oxygen atoms in total. The molecule has 1 fully saturated rings. The molecule has 166 valence electrons. The Kier molecular flexibility index (Phi) is 8.10. The van der Waals surface area contributed by atoms with Crippen molar-refractivity contribution in [2.24, 2.45) is 0 Å². The molecule has 0 heterocycles. The van der Waals surface area contributed by atoms with Gasteiger partial charge >= 0.3 is 0 Å². The van der Waals surface area contributed by atoms with E-state index in [0.717, 1.165) is 42.4 Å². The van der Waals surface area contributed by atoms with Gasteiger partial charge in [0.1, 0.15) is 11.8 Å². The first-order chi connectivity index (χ1) is 15.0. The molecule has 2 aromatic carbocycles. The van der Waals surface area contributed by atoms with Gasteiger partial charge in [0.25, 0.3) is 5.91 Å². The van der Waals surface area contributed by atoms with E-state index in [1.807, 2.05) is 69.3 Å². The van der Waals surface area contributed by atoms with Crippen molar-refractivity contribution in [3.63, 3.8) is 0 Å². The highest BCUT2D eigenvalue weighted by atomic mass is 16.5. The third-order valence-corrected chi connectivity index (χ3v) is 5.96. The molecule has 2 amide bonds. The summed E-state index contributed by atoms with van der Waals surface area (Å²) in [6, 6.07) is 15.4. The topological polar surface area (TPSA) is 58.6 Å². The molecule has 0 bridgehead atoms. The van der Waals surface area contributed by atoms with Gasteiger partial charge in [-0.25, -0.2) is 0 Å². The van der Waals surface area contributed by atoms with E-state index in [2.05, 4.69) is 5.32 Å². The van der Waals surface area contributed by atoms with Crippen LogP contribution in [0.1, 0.15) is 55.7 Å². The minimum absolute atomic E-state index is 0.0646. The van der Waals surface area contributed by atoms with Gasteiger partial charge in [-0.2, -0.15) is 0 Å². The van der Waals surface area contributed by atoms with Crippen LogP contribution in [0.2, 0.25) is 0 Å². The molecule has 0 spiro atoms. The number of carbonyl (C=O) groups is 2. The number of aryl methyl sites for hydroxylation is 2. The van der Waals surface area contributed by atoms with Crippen LogP contribution in [0, 0.1) is 13.8 Å². The van der Waals surface area contributed by atoms with E-state index in [1.54, 1.807) is 4.90 Å². The summed E-state index contributed by atoms with van der Waals surface area (Å²) in [5.41, 5.74) is 3.14. The van der Waals surface area contributed by atoms with Crippen molar-refractivity contribution < 1.29 is 14.3 Å². The Bertz CT molecular complexity index is 875. The van der Waals surface area contributed by atoms with Crippen LogP contribution in [-0.2, 0) is 16.1 Å². The summed E-state index contributed by atoms with van der Waals surface area (Å²) in [4.78, 5) is 28.0. The number of nitrogens with one attached hydrogen (secondary N) is 1. The number of hydrogen-bond donors (Lipinski definition) is 1. The van der Waals surface area contributed by atoms with Crippen LogP contribution in [0.3, 0.4) is 0 Å². The molecule has 0 saturated heterocycles. The zero-order valence-corrected chi connectivity index (χ0v) is 18.9. The molecule has 1 saturated carbocycles. The highest BCUT2D eigenvalue weighted by Gasteiger charge is 2.30. The number of nitrogens with zero attached hydrogens (tertiary/aromatic N) is 1. The molecule has 1 aliphatic carbocycles. The van der Waals surface area contributed by atoms with Crippen LogP contribution in [0.5, 0.6) is 5.75 Å². The lowest BCUT2D eigenvalue weighted by Crippen LogP contribution is -2.52. The Labute approximate surface area is 185 Å². The summed E-state index contributed by atoms with van der Waals surface area (Å²) in [7, 11) is 0. The number of amides is 2. The maximum absolute atomic E-state index is 13.3. The van der Waals surface area contributed by atoms with Gasteiger partial charge in [-0.05, 0) is 50.3 Å². The molecule has 0 radical (unpaired) electrons. The largest absolute Gasteiger partial charge is 0.483 e. The predicted molar refractivity (Wildman–Crippen MR) is 123 cm³/mol. The Balaban J connectivity index is 1.74. The Morgan fingerprint density at radius 1 is 1.10 bits per heavy atom. The lowest BCUT2D eigenvalue weighted by molar-refractivity contribution is -0.143. The van der Waals surface area contributed by atoms with E-state index in [-0.39, 0.29) is 24.5 Å². The van der Waals surface area contributed by atoms with Crippen molar-refractivity contribution in [3.05, 3.63) is 65.2 Å². The fourth-order valence-electron chi connectivity index (χ4n) is 4.25. The number of carbonyl (C=O) groups excluding carboxylic acids is 2. The number of hydrogen-bond acceptors (Lipinski definition) is 3. The summed E-state index contributed by atoms with van der Waals surface area (Å²) in [6.07, 6.45) is 4.90. The summed E-state index contributed by atoms with van der Waals surface area (Å²) < 4.78 is 5.86. The molecule has 5 heteroatoms. The van der Waals surface area contributed by atoms with E-state index < -0.39 is 6.04 Å². The lowest BCUT2D eigenvalue weighted by atomic mass is 10.1. The molecule has 31 heavy (non-hydrogen) atoms. The van der Waals surface area contributed by atoms with Crippen LogP contribution in [-0.4, -0.2) is 35.4 Å². The second-order valence-corrected chi connectivity index (χ2v) is 8.48. The van der Waals surface area contributed by atoms with Crippen molar-refractivity contribution in [3.8, 4) is 5.75 Å². The maximum Gasteiger partial charge on any atom is 0.261 e. The molecular weight excluding hydrogens is 388 g/mol. The van der Waals surface area contributed by atoms with Gasteiger partial charge in [-0.1, -0.05) is 67.8 Å². The molecule has 0 aliphatic heterocycles. The Morgan fingerprint density at radius 3 is 2.45 bits per heavy atom. The van der Waals surface area contributed by atoms with Gasteiger partial charge in [0.05, 0.1) is 0 Å². The van der Waals surface area contributed by atoms with Crippen LogP contribution in [0.15, 0.2) is 48.5 Å². The smallest absolute Gasteiger partial charge is 0.261 e. The predicted octanol–water partition coefficient (Wildman–Crippen LogP) is 4.55. The molecule has 3 rings (SSSR count). The van der Waals surface area contributed by atoms with E-state index in [9.17, 15) is 9.59 Å². The van der Waals surface area contributed by atoms with Crippen LogP contribution >= 0.6 is 0 Å². The van der Waals surface area contributed by atoms with Crippen LogP contribution < -0.4 is 10.1 Å². The van der Waals surface area contributed by atoms with Gasteiger partial charge in [-0.3, -0.25) is 9.59 Å². The number of rotatable bonds is 9. The monoisotopic (exact) mass is 422 g/mol. The van der Waals surface area contributed by atoms with Gasteiger partial charge in [-0.15, -0.1) is 0 Å². The molecule has 2 aromatic rings. The average Bonchev–Trinajstić information content (AvgIpc) is 3.26. The second-order valence-electron chi connectivity index (χ2n) is 8.48. The van der Waals surface area contributed by atoms with Crippen molar-refractivity contribution in [1.82, 2.24) is 10.2 Å². The number of benzene rings is 2. The second kappa shape index (κ2) is 11.0. The highest BCUT2D eigenvalue weighted by molar-refractivity contribution is 5.88. The third-order valence-electron chi connectivity index (χ3n) is 5.96. The minimum Gasteiger partial charge on any atom is -0.483 e. The van der Waals surface area contributed by atoms with E-state index in [4.69, 9.17) is 4.74 Å². The fourth-order valence-corrected chi connectivity index (χ4v) is 4.25. The van der Waals surface area contributed by atoms with Crippen molar-refractivity contribution >= 4 is 11.8 Å². The first-order valence-electron chi connectivity index (χ1n) is 11.3. The quantitative estimate of drug-likeness (QED) is 0.645. The molecule has 1 atom stereocenters. The van der Waals surface area contributed by atoms with Crippen molar-refractivity contribution in [2.75, 3.05) is 6.61 Å². The van der Waals surface area contributed by atoms with Gasteiger partial charge in [0, 0.05) is 12.6 Å². The first-order valence-corrected chi connectivity index (χ1v) is 11.3. The molecular formula is C26H34N2O3. The highest BCUT2D eigenvalue weighted by Crippen LogP contribution is 2.21. The molecule has 1 aliphatic rings. The summed E-state index contributed by atoms with van der Waals surface area (Å²) >= 11 is 0. The minimum atomic E-state index is -0.518. The lowest BCUT2D eigenvalue weighted by Gasteiger charge is -2.31. The molecule has 0 aromatic heterocycles. The van der Waals surface area contributed by atoms with E-state index in [1.165, 1.54) is 0 Å². The first kappa shape index (κ1) is 22.9. The normalized spacial score (nSPS) is 14.8. The number of ether oxygens (including phenoxy) is 1. The summed E-state index contributed by atoms with van der Waals surface area (Å²) in [5, 5.41) is 3.17. The SMILES string of the molecule is CC[C@H](C(=O)NC1CCCC1)N(Cc1ccccc1)C(=O)COc1ccc(C)cc1C. The standard InChI is InChI=1S/C26H34N2O3/c1-4-23(26(30)27-22-12-8-9-13-22)28(17-21-10-6-5-7-11-21)25(29)18-31-24-15-14-19(2)16-20(24)3/h5-7,10-11,14-16,22-23H,4,8-9,12-13,17-18H2,1-3H3,(H,27,30)/t23-/m1/s1. The summed E-state index contributed by atoms with van der Waals surface area (Å²) in [6.45, 7) is 6.24. The van der Waals surface area contributed by atoms with Gasteiger partial charge in [0.15, 0.2) is 6.61 Å². The Morgan fingerprint density at radius 2 is 1.81 bits per heavy atom. The summed E-state index contributed by atoms with van der Waals surface area (Å²) in [5.74, 6) is 0.449. The van der Waals surface area contributed by atoms with Gasteiger partial charge in [0.2, 0.25) is 5.91 Å². The zero-order valence-electron chi connectivity index (χ0n) is 18.9. The zero-order chi connectivity index (χ0) is 22.2. The average molecular weight is 423 g/mol. The fraction of sp³-hybridized carbons (Fsp3) is 0.462. The molecule has 1 N–H and O–H groups in total. The van der Waals surface area contributed by atoms with Crippen molar-refractivity contribution in [1.29, 1.82) is 0 Å². The van der Waals surface area contributed by atoms with E-state index >= 15 is 0 Å². The van der Waals surface area contributed by atoms with Gasteiger partial charge < -0.3 is 15.0 Å². The van der Waals surface area contributed by atoms with Crippen molar-refractivity contribution in [2.45, 2.75) is 71.5 Å².